The minimum Gasteiger partial charge on any atom is -0.476 e. The Morgan fingerprint density at radius 1 is 0.667 bits per heavy atom. The number of hydrogen-bond acceptors (Lipinski definition) is 1. The molecule has 0 radical (unpaired) electrons. The van der Waals surface area contributed by atoms with E-state index in [0.717, 1.165) is 6.42 Å². The smallest absolute Gasteiger partial charge is 0.189 e. The van der Waals surface area contributed by atoms with E-state index in [0.29, 0.717) is 0 Å². The Kier molecular flexibility index (Phi) is 4.65. The highest BCUT2D eigenvalue weighted by atomic mass is 28.3. The Balaban J connectivity index is 2.09. The monoisotopic (exact) mass is 350 g/mol. The summed E-state index contributed by atoms with van der Waals surface area (Å²) in [5.41, 5.74) is 0. The summed E-state index contributed by atoms with van der Waals surface area (Å²) in [5.74, 6) is 0. The molecule has 3 heteroatoms. The summed E-state index contributed by atoms with van der Waals surface area (Å²) >= 11 is 0. The second kappa shape index (κ2) is 6.57. The van der Waals surface area contributed by atoms with Crippen LogP contribution in [0.1, 0.15) is 6.42 Å². The van der Waals surface area contributed by atoms with Gasteiger partial charge in [0.05, 0.1) is 10.8 Å². The standard InChI is InChI=1S/C21H26OSi2/c1-23(2,3)20-16-11-17-21(22-20)24(4,18-12-7-5-8-13-18)19-14-9-6-10-15-19/h5-10,12-17H,11H2,1-4H3. The molecule has 0 saturated carbocycles. The van der Waals surface area contributed by atoms with Gasteiger partial charge in [0.1, 0.15) is 8.07 Å². The van der Waals surface area contributed by atoms with Crippen molar-refractivity contribution in [1.82, 2.24) is 0 Å². The Bertz CT molecular complexity index is 716. The van der Waals surface area contributed by atoms with Gasteiger partial charge >= 0.3 is 0 Å². The fourth-order valence-corrected chi connectivity index (χ4v) is 7.94. The molecule has 0 spiro atoms. The van der Waals surface area contributed by atoms with Gasteiger partial charge < -0.3 is 4.74 Å². The Labute approximate surface area is 147 Å². The van der Waals surface area contributed by atoms with Gasteiger partial charge in [0.25, 0.3) is 0 Å². The second-order valence-corrected chi connectivity index (χ2v) is 16.5. The first-order valence-electron chi connectivity index (χ1n) is 8.62. The van der Waals surface area contributed by atoms with Gasteiger partial charge in [-0.1, -0.05) is 86.9 Å². The van der Waals surface area contributed by atoms with Crippen molar-refractivity contribution in [3.63, 3.8) is 0 Å². The average molecular weight is 351 g/mol. The van der Waals surface area contributed by atoms with E-state index < -0.39 is 16.1 Å². The van der Waals surface area contributed by atoms with E-state index in [1.165, 1.54) is 21.1 Å². The molecule has 124 valence electrons. The summed E-state index contributed by atoms with van der Waals surface area (Å²) in [6, 6.07) is 21.8. The maximum Gasteiger partial charge on any atom is 0.189 e. The molecule has 1 aliphatic rings. The van der Waals surface area contributed by atoms with Crippen LogP contribution in [-0.4, -0.2) is 16.1 Å². The van der Waals surface area contributed by atoms with Crippen molar-refractivity contribution in [1.29, 1.82) is 0 Å². The van der Waals surface area contributed by atoms with E-state index in [2.05, 4.69) is 99.0 Å². The fourth-order valence-electron chi connectivity index (χ4n) is 3.23. The molecular weight excluding hydrogens is 324 g/mol. The van der Waals surface area contributed by atoms with Crippen LogP contribution in [0.25, 0.3) is 0 Å². The minimum atomic E-state index is -2.10. The number of benzene rings is 2. The lowest BCUT2D eigenvalue weighted by Gasteiger charge is -2.35. The highest BCUT2D eigenvalue weighted by Gasteiger charge is 2.40. The quantitative estimate of drug-likeness (QED) is 0.739. The first kappa shape index (κ1) is 17.0. The van der Waals surface area contributed by atoms with Crippen molar-refractivity contribution in [3.8, 4) is 0 Å². The second-order valence-electron chi connectivity index (χ2n) is 7.58. The molecule has 3 rings (SSSR count). The SMILES string of the molecule is C[Si](C)(C)C1=CCC=C([Si](C)(c2ccccc2)c2ccccc2)O1. The largest absolute Gasteiger partial charge is 0.476 e. The molecule has 0 bridgehead atoms. The van der Waals surface area contributed by atoms with Crippen LogP contribution in [0.5, 0.6) is 0 Å². The molecule has 2 aromatic carbocycles. The van der Waals surface area contributed by atoms with Gasteiger partial charge in [-0.2, -0.15) is 0 Å². The molecule has 0 aliphatic carbocycles. The molecule has 1 aliphatic heterocycles. The average Bonchev–Trinajstić information content (AvgIpc) is 2.62. The highest BCUT2D eigenvalue weighted by Crippen LogP contribution is 2.29. The molecule has 2 aromatic rings. The van der Waals surface area contributed by atoms with E-state index in [9.17, 15) is 0 Å². The normalized spacial score (nSPS) is 15.3. The summed E-state index contributed by atoms with van der Waals surface area (Å²) in [6.07, 6.45) is 5.56. The third-order valence-electron chi connectivity index (χ3n) is 4.76. The van der Waals surface area contributed by atoms with Crippen LogP contribution in [0.3, 0.4) is 0 Å². The van der Waals surface area contributed by atoms with E-state index in [1.807, 2.05) is 0 Å². The summed E-state index contributed by atoms with van der Waals surface area (Å²) in [6.45, 7) is 9.47. The fraction of sp³-hybridized carbons (Fsp3) is 0.238. The highest BCUT2D eigenvalue weighted by molar-refractivity contribution is 7.06. The van der Waals surface area contributed by atoms with Crippen LogP contribution in [0.4, 0.5) is 0 Å². The van der Waals surface area contributed by atoms with Crippen LogP contribution < -0.4 is 10.4 Å². The third-order valence-corrected chi connectivity index (χ3v) is 10.8. The van der Waals surface area contributed by atoms with Crippen LogP contribution in [0, 0.1) is 0 Å². The topological polar surface area (TPSA) is 9.23 Å². The zero-order valence-corrected chi connectivity index (χ0v) is 17.0. The maximum absolute atomic E-state index is 6.57. The lowest BCUT2D eigenvalue weighted by molar-refractivity contribution is 0.347. The summed E-state index contributed by atoms with van der Waals surface area (Å²) in [4.78, 5) is 0. The summed E-state index contributed by atoms with van der Waals surface area (Å²) < 4.78 is 6.57. The van der Waals surface area contributed by atoms with Crippen molar-refractivity contribution in [3.05, 3.63) is 83.6 Å². The maximum atomic E-state index is 6.57. The van der Waals surface area contributed by atoms with Crippen LogP contribution >= 0.6 is 0 Å². The summed E-state index contributed by atoms with van der Waals surface area (Å²) in [7, 11) is -3.56. The van der Waals surface area contributed by atoms with Crippen molar-refractivity contribution in [2.45, 2.75) is 32.6 Å². The van der Waals surface area contributed by atoms with E-state index in [-0.39, 0.29) is 0 Å². The Hall–Kier alpha value is -1.85. The van der Waals surface area contributed by atoms with E-state index in [4.69, 9.17) is 4.74 Å². The molecule has 1 heterocycles. The molecule has 0 atom stereocenters. The van der Waals surface area contributed by atoms with Crippen LogP contribution in [0.2, 0.25) is 26.2 Å². The lowest BCUT2D eigenvalue weighted by Crippen LogP contribution is -2.58. The van der Waals surface area contributed by atoms with Gasteiger partial charge in [-0.3, -0.25) is 0 Å². The number of ether oxygens (including phenoxy) is 1. The molecule has 0 saturated heterocycles. The third kappa shape index (κ3) is 3.19. The van der Waals surface area contributed by atoms with Gasteiger partial charge in [-0.15, -0.1) is 0 Å². The lowest BCUT2D eigenvalue weighted by atomic mass is 10.4. The molecule has 0 N–H and O–H groups in total. The van der Waals surface area contributed by atoms with E-state index in [1.54, 1.807) is 0 Å². The zero-order valence-electron chi connectivity index (χ0n) is 15.0. The van der Waals surface area contributed by atoms with Gasteiger partial charge in [-0.05, 0) is 28.9 Å². The van der Waals surface area contributed by atoms with Crippen molar-refractivity contribution in [2.24, 2.45) is 0 Å². The summed E-state index contributed by atoms with van der Waals surface area (Å²) in [5, 5.41) is 5.23. The molecule has 0 fully saturated rings. The number of hydrogen-bond donors (Lipinski definition) is 0. The molecule has 0 aromatic heterocycles. The molecular formula is C21H26OSi2. The van der Waals surface area contributed by atoms with Crippen LogP contribution in [-0.2, 0) is 4.74 Å². The van der Waals surface area contributed by atoms with Crippen LogP contribution in [0.15, 0.2) is 83.6 Å². The first-order chi connectivity index (χ1) is 11.4. The predicted molar refractivity (Wildman–Crippen MR) is 109 cm³/mol. The Morgan fingerprint density at radius 3 is 1.58 bits per heavy atom. The number of rotatable bonds is 4. The van der Waals surface area contributed by atoms with Crippen molar-refractivity contribution < 1.29 is 4.74 Å². The first-order valence-corrected chi connectivity index (χ1v) is 14.6. The minimum absolute atomic E-state index is 0.983. The van der Waals surface area contributed by atoms with Gasteiger partial charge in [0, 0.05) is 0 Å². The zero-order chi connectivity index (χ0) is 17.2. The van der Waals surface area contributed by atoms with Gasteiger partial charge in [-0.25, -0.2) is 0 Å². The molecule has 0 unspecified atom stereocenters. The van der Waals surface area contributed by atoms with Gasteiger partial charge in [0.2, 0.25) is 0 Å². The number of allylic oxidation sites excluding steroid dienone is 2. The Morgan fingerprint density at radius 2 is 1.12 bits per heavy atom. The van der Waals surface area contributed by atoms with Gasteiger partial charge in [0.15, 0.2) is 8.07 Å². The molecule has 0 amide bonds. The van der Waals surface area contributed by atoms with Crippen molar-refractivity contribution >= 4 is 26.5 Å². The molecule has 1 nitrogen and oxygen atoms in total. The van der Waals surface area contributed by atoms with Crippen molar-refractivity contribution in [2.75, 3.05) is 0 Å². The molecule has 24 heavy (non-hydrogen) atoms. The van der Waals surface area contributed by atoms with E-state index >= 15 is 0 Å². The predicted octanol–water partition coefficient (Wildman–Crippen LogP) is 4.48.